The number of H-pyrrole nitrogens is 1. The van der Waals surface area contributed by atoms with Crippen LogP contribution in [0.2, 0.25) is 0 Å². The Morgan fingerprint density at radius 2 is 1.80 bits per heavy atom. The molecule has 0 spiro atoms. The highest BCUT2D eigenvalue weighted by molar-refractivity contribution is 5.85. The average Bonchev–Trinajstić information content (AvgIpc) is 3.09. The van der Waals surface area contributed by atoms with Crippen molar-refractivity contribution in [1.82, 2.24) is 25.5 Å². The third kappa shape index (κ3) is 5.25. The van der Waals surface area contributed by atoms with E-state index in [-0.39, 0.29) is 37.3 Å². The number of hydrogen-bond acceptors (Lipinski definition) is 5. The summed E-state index contributed by atoms with van der Waals surface area (Å²) in [4.78, 5) is 20.4. The Bertz CT molecular complexity index is 782. The lowest BCUT2D eigenvalue weighted by atomic mass is 10.1. The lowest BCUT2D eigenvalue weighted by Gasteiger charge is -2.11. The lowest BCUT2D eigenvalue weighted by molar-refractivity contribution is -0.122. The van der Waals surface area contributed by atoms with Crippen LogP contribution in [0.15, 0.2) is 54.9 Å². The number of aromatic nitrogens is 4. The number of nitrogens with two attached hydrogens (primary N) is 1. The zero-order valence-corrected chi connectivity index (χ0v) is 14.8. The molecule has 2 aromatic heterocycles. The van der Waals surface area contributed by atoms with Crippen LogP contribution in [0.5, 0.6) is 0 Å². The number of nitrogens with zero attached hydrogens (tertiary/aromatic N) is 3. The maximum atomic E-state index is 12.1. The molecule has 132 valence electrons. The van der Waals surface area contributed by atoms with Crippen LogP contribution >= 0.6 is 24.8 Å². The zero-order valence-electron chi connectivity index (χ0n) is 13.1. The zero-order chi connectivity index (χ0) is 16.1. The Morgan fingerprint density at radius 3 is 2.48 bits per heavy atom. The summed E-state index contributed by atoms with van der Waals surface area (Å²) in [5.74, 6) is 0.854. The van der Waals surface area contributed by atoms with Crippen molar-refractivity contribution in [2.24, 2.45) is 5.73 Å². The first-order valence-electron chi connectivity index (χ1n) is 7.14. The smallest absolute Gasteiger partial charge is 0.241 e. The van der Waals surface area contributed by atoms with E-state index in [0.717, 1.165) is 11.1 Å². The molecular weight excluding hydrogens is 363 g/mol. The summed E-state index contributed by atoms with van der Waals surface area (Å²) in [6, 6.07) is 12.1. The molecule has 3 rings (SSSR count). The molecule has 0 fully saturated rings. The molecule has 1 amide bonds. The Kier molecular flexibility index (Phi) is 8.00. The maximum Gasteiger partial charge on any atom is 0.241 e. The molecule has 0 unspecified atom stereocenters. The second-order valence-electron chi connectivity index (χ2n) is 4.95. The molecule has 3 aromatic rings. The second-order valence-corrected chi connectivity index (χ2v) is 4.95. The van der Waals surface area contributed by atoms with Crippen LogP contribution in [0.4, 0.5) is 0 Å². The molecule has 7 nitrogen and oxygen atoms in total. The minimum Gasteiger partial charge on any atom is -0.347 e. The molecule has 0 aliphatic rings. The van der Waals surface area contributed by atoms with Gasteiger partial charge in [0.1, 0.15) is 11.9 Å². The largest absolute Gasteiger partial charge is 0.347 e. The Labute approximate surface area is 157 Å². The number of amides is 1. The van der Waals surface area contributed by atoms with Gasteiger partial charge in [-0.1, -0.05) is 30.3 Å². The SMILES string of the molecule is Cl.Cl.N[C@H](C(=O)NCc1nc(-c2ccncc2)n[nH]1)c1ccccc1. The molecule has 9 heteroatoms. The van der Waals surface area contributed by atoms with Gasteiger partial charge in [0.25, 0.3) is 0 Å². The van der Waals surface area contributed by atoms with Crippen LogP contribution in [0.1, 0.15) is 17.4 Å². The van der Waals surface area contributed by atoms with E-state index >= 15 is 0 Å². The summed E-state index contributed by atoms with van der Waals surface area (Å²) >= 11 is 0. The number of nitrogens with one attached hydrogen (secondary N) is 2. The van der Waals surface area contributed by atoms with Gasteiger partial charge in [-0.2, -0.15) is 5.10 Å². The number of pyridine rings is 1. The second kappa shape index (κ2) is 9.73. The monoisotopic (exact) mass is 380 g/mol. The summed E-state index contributed by atoms with van der Waals surface area (Å²) in [6.45, 7) is 0.234. The van der Waals surface area contributed by atoms with Gasteiger partial charge in [-0.05, 0) is 17.7 Å². The standard InChI is InChI=1S/C16H16N6O.2ClH/c17-14(11-4-2-1-3-5-11)16(23)19-10-13-20-15(22-21-13)12-6-8-18-9-7-12;;/h1-9,14H,10,17H2,(H,19,23)(H,20,21,22);2*1H/t14-;;/m0../s1. The fraction of sp³-hybridized carbons (Fsp3) is 0.125. The van der Waals surface area contributed by atoms with Gasteiger partial charge >= 0.3 is 0 Å². The number of carbonyl (C=O) groups is 1. The third-order valence-electron chi connectivity index (χ3n) is 3.34. The molecule has 1 atom stereocenters. The van der Waals surface area contributed by atoms with E-state index in [4.69, 9.17) is 5.73 Å². The Morgan fingerprint density at radius 1 is 1.12 bits per heavy atom. The number of carbonyl (C=O) groups excluding carboxylic acids is 1. The molecule has 0 radical (unpaired) electrons. The van der Waals surface area contributed by atoms with Gasteiger partial charge in [-0.25, -0.2) is 4.98 Å². The minimum absolute atomic E-state index is 0. The fourth-order valence-corrected chi connectivity index (χ4v) is 2.10. The van der Waals surface area contributed by atoms with Gasteiger partial charge in [0.15, 0.2) is 5.82 Å². The normalized spacial score (nSPS) is 10.9. The number of rotatable bonds is 5. The number of hydrogen-bond donors (Lipinski definition) is 3. The molecule has 0 saturated heterocycles. The first kappa shape index (κ1) is 20.6. The molecule has 0 aliphatic carbocycles. The van der Waals surface area contributed by atoms with Crippen LogP contribution in [0.25, 0.3) is 11.4 Å². The van der Waals surface area contributed by atoms with Gasteiger partial charge < -0.3 is 11.1 Å². The minimum atomic E-state index is -0.709. The van der Waals surface area contributed by atoms with Crippen LogP contribution in [0, 0.1) is 0 Å². The van der Waals surface area contributed by atoms with E-state index in [1.54, 1.807) is 12.4 Å². The van der Waals surface area contributed by atoms with Gasteiger partial charge in [-0.3, -0.25) is 14.9 Å². The highest BCUT2D eigenvalue weighted by Gasteiger charge is 2.15. The molecule has 0 bridgehead atoms. The van der Waals surface area contributed by atoms with Crippen molar-refractivity contribution in [2.75, 3.05) is 0 Å². The molecule has 25 heavy (non-hydrogen) atoms. The number of benzene rings is 1. The topological polar surface area (TPSA) is 110 Å². The average molecular weight is 381 g/mol. The van der Waals surface area contributed by atoms with Gasteiger partial charge in [-0.15, -0.1) is 24.8 Å². The molecule has 0 saturated carbocycles. The van der Waals surface area contributed by atoms with E-state index < -0.39 is 6.04 Å². The van der Waals surface area contributed by atoms with Crippen molar-refractivity contribution in [1.29, 1.82) is 0 Å². The first-order chi connectivity index (χ1) is 11.2. The van der Waals surface area contributed by atoms with Crippen molar-refractivity contribution in [3.8, 4) is 11.4 Å². The number of halogens is 2. The maximum absolute atomic E-state index is 12.1. The lowest BCUT2D eigenvalue weighted by Crippen LogP contribution is -2.33. The van der Waals surface area contributed by atoms with Crippen molar-refractivity contribution >= 4 is 30.7 Å². The predicted molar refractivity (Wildman–Crippen MR) is 99.3 cm³/mol. The summed E-state index contributed by atoms with van der Waals surface area (Å²) in [5, 5.41) is 9.67. The van der Waals surface area contributed by atoms with Crippen molar-refractivity contribution in [3.63, 3.8) is 0 Å². The van der Waals surface area contributed by atoms with Crippen LogP contribution in [-0.2, 0) is 11.3 Å². The summed E-state index contributed by atoms with van der Waals surface area (Å²) in [5.41, 5.74) is 7.55. The third-order valence-corrected chi connectivity index (χ3v) is 3.34. The Hall–Kier alpha value is -2.48. The summed E-state index contributed by atoms with van der Waals surface area (Å²) in [7, 11) is 0. The summed E-state index contributed by atoms with van der Waals surface area (Å²) < 4.78 is 0. The van der Waals surface area contributed by atoms with E-state index in [0.29, 0.717) is 11.6 Å². The van der Waals surface area contributed by atoms with E-state index in [9.17, 15) is 4.79 Å². The van der Waals surface area contributed by atoms with Crippen molar-refractivity contribution in [2.45, 2.75) is 12.6 Å². The van der Waals surface area contributed by atoms with E-state index in [1.807, 2.05) is 42.5 Å². The van der Waals surface area contributed by atoms with Gasteiger partial charge in [0, 0.05) is 18.0 Å². The molecule has 0 aliphatic heterocycles. The highest BCUT2D eigenvalue weighted by atomic mass is 35.5. The fourth-order valence-electron chi connectivity index (χ4n) is 2.10. The first-order valence-corrected chi connectivity index (χ1v) is 7.14. The molecular formula is C16H18Cl2N6O. The summed E-state index contributed by atoms with van der Waals surface area (Å²) in [6.07, 6.45) is 3.35. The Balaban J connectivity index is 0.00000156. The van der Waals surface area contributed by atoms with Crippen molar-refractivity contribution < 1.29 is 4.79 Å². The van der Waals surface area contributed by atoms with Crippen molar-refractivity contribution in [3.05, 3.63) is 66.2 Å². The van der Waals surface area contributed by atoms with Gasteiger partial charge in [0.05, 0.1) is 6.54 Å². The van der Waals surface area contributed by atoms with E-state index in [2.05, 4.69) is 25.5 Å². The quantitative estimate of drug-likeness (QED) is 0.627. The molecule has 1 aromatic carbocycles. The number of aromatic amines is 1. The van der Waals surface area contributed by atoms with Gasteiger partial charge in [0.2, 0.25) is 5.91 Å². The predicted octanol–water partition coefficient (Wildman–Crippen LogP) is 2.03. The van der Waals surface area contributed by atoms with Crippen LogP contribution in [-0.4, -0.2) is 26.1 Å². The molecule has 4 N–H and O–H groups in total. The van der Waals surface area contributed by atoms with Crippen LogP contribution < -0.4 is 11.1 Å². The van der Waals surface area contributed by atoms with Crippen LogP contribution in [0.3, 0.4) is 0 Å². The van der Waals surface area contributed by atoms with E-state index in [1.165, 1.54) is 0 Å². The highest BCUT2D eigenvalue weighted by Crippen LogP contribution is 2.13. The molecule has 2 heterocycles.